The van der Waals surface area contributed by atoms with Gasteiger partial charge < -0.3 is 25.0 Å². The van der Waals surface area contributed by atoms with Crippen molar-refractivity contribution in [3.8, 4) is 11.5 Å². The van der Waals surface area contributed by atoms with E-state index in [2.05, 4.69) is 27.4 Å². The van der Waals surface area contributed by atoms with Crippen molar-refractivity contribution in [3.05, 3.63) is 23.8 Å². The third kappa shape index (κ3) is 9.76. The number of halogens is 3. The second kappa shape index (κ2) is 15.4. The minimum Gasteiger partial charge on any atom is -0.490 e. The molecule has 1 aliphatic rings. The number of guanidine groups is 1. The van der Waals surface area contributed by atoms with Crippen LogP contribution in [0.2, 0.25) is 0 Å². The fourth-order valence-electron chi connectivity index (χ4n) is 3.73. The zero-order valence-electron chi connectivity index (χ0n) is 18.8. The van der Waals surface area contributed by atoms with Crippen molar-refractivity contribution in [3.63, 3.8) is 0 Å². The number of benzene rings is 1. The first-order valence-electron chi connectivity index (χ1n) is 10.9. The zero-order chi connectivity index (χ0) is 21.8. The Morgan fingerprint density at radius 3 is 2.74 bits per heavy atom. The Morgan fingerprint density at radius 2 is 2.06 bits per heavy atom. The summed E-state index contributed by atoms with van der Waals surface area (Å²) in [5.74, 6) is 1.01. The van der Waals surface area contributed by atoms with Crippen LogP contribution in [-0.2, 0) is 6.54 Å². The number of aliphatic imine (C=N–C) groups is 1. The lowest BCUT2D eigenvalue weighted by Gasteiger charge is -2.33. The van der Waals surface area contributed by atoms with E-state index in [1.807, 2.05) is 0 Å². The van der Waals surface area contributed by atoms with E-state index in [9.17, 15) is 8.78 Å². The highest BCUT2D eigenvalue weighted by Gasteiger charge is 2.17. The monoisotopic (exact) mass is 554 g/mol. The van der Waals surface area contributed by atoms with Crippen molar-refractivity contribution in [2.24, 2.45) is 4.99 Å². The van der Waals surface area contributed by atoms with Crippen LogP contribution in [-0.4, -0.2) is 56.8 Å². The summed E-state index contributed by atoms with van der Waals surface area (Å²) in [6.07, 6.45) is 6.14. The van der Waals surface area contributed by atoms with Crippen LogP contribution in [0.4, 0.5) is 8.78 Å². The Labute approximate surface area is 202 Å². The van der Waals surface area contributed by atoms with Crippen LogP contribution in [0.5, 0.6) is 11.5 Å². The van der Waals surface area contributed by atoms with E-state index in [1.54, 1.807) is 32.2 Å². The van der Waals surface area contributed by atoms with Crippen LogP contribution in [0.3, 0.4) is 0 Å². The molecule has 1 aromatic carbocycles. The van der Waals surface area contributed by atoms with Gasteiger partial charge in [0.2, 0.25) is 0 Å². The molecule has 1 unspecified atom stereocenters. The molecule has 0 aliphatic carbocycles. The number of likely N-dealkylation sites (tertiary alicyclic amines) is 1. The predicted molar refractivity (Wildman–Crippen MR) is 132 cm³/mol. The molecule has 0 spiro atoms. The van der Waals surface area contributed by atoms with E-state index in [0.717, 1.165) is 25.9 Å². The summed E-state index contributed by atoms with van der Waals surface area (Å²) in [5.41, 5.74) is 0.586. The van der Waals surface area contributed by atoms with E-state index in [1.165, 1.54) is 25.8 Å². The topological polar surface area (TPSA) is 58.1 Å². The number of hydrogen-bond donors (Lipinski definition) is 2. The Kier molecular flexibility index (Phi) is 13.8. The molecule has 9 heteroatoms. The second-order valence-electron chi connectivity index (χ2n) is 7.50. The van der Waals surface area contributed by atoms with Crippen molar-refractivity contribution in [1.29, 1.82) is 0 Å². The molecule has 0 aromatic heterocycles. The van der Waals surface area contributed by atoms with Gasteiger partial charge in [0.25, 0.3) is 0 Å². The number of alkyl halides is 2. The van der Waals surface area contributed by atoms with Crippen molar-refractivity contribution >= 4 is 29.9 Å². The molecule has 2 rings (SSSR count). The largest absolute Gasteiger partial charge is 0.490 e. The van der Waals surface area contributed by atoms with Crippen molar-refractivity contribution in [1.82, 2.24) is 15.5 Å². The Bertz CT molecular complexity index is 664. The average molecular weight is 554 g/mol. The highest BCUT2D eigenvalue weighted by molar-refractivity contribution is 14.0. The van der Waals surface area contributed by atoms with Gasteiger partial charge in [0.05, 0.1) is 6.61 Å². The van der Waals surface area contributed by atoms with Gasteiger partial charge in [0, 0.05) is 31.7 Å². The van der Waals surface area contributed by atoms with Gasteiger partial charge in [-0.15, -0.1) is 24.0 Å². The van der Waals surface area contributed by atoms with E-state index in [-0.39, 0.29) is 29.7 Å². The van der Waals surface area contributed by atoms with Crippen molar-refractivity contribution < 1.29 is 18.3 Å². The number of ether oxygens (including phenoxy) is 2. The van der Waals surface area contributed by atoms with E-state index >= 15 is 0 Å². The Morgan fingerprint density at radius 1 is 1.26 bits per heavy atom. The lowest BCUT2D eigenvalue weighted by molar-refractivity contribution is -0.0520. The third-order valence-corrected chi connectivity index (χ3v) is 5.34. The molecule has 0 radical (unpaired) electrons. The van der Waals surface area contributed by atoms with Crippen LogP contribution in [0, 0.1) is 0 Å². The lowest BCUT2D eigenvalue weighted by Crippen LogP contribution is -2.39. The van der Waals surface area contributed by atoms with Crippen LogP contribution in [0.15, 0.2) is 23.2 Å². The summed E-state index contributed by atoms with van der Waals surface area (Å²) < 4.78 is 35.8. The van der Waals surface area contributed by atoms with Crippen molar-refractivity contribution in [2.75, 3.05) is 33.3 Å². The number of rotatable bonds is 11. The summed E-state index contributed by atoms with van der Waals surface area (Å²) in [6.45, 7) is 5.02. The van der Waals surface area contributed by atoms with Gasteiger partial charge >= 0.3 is 6.61 Å². The highest BCUT2D eigenvalue weighted by atomic mass is 127. The Balaban J connectivity index is 0.00000480. The van der Waals surface area contributed by atoms with Crippen LogP contribution < -0.4 is 20.1 Å². The second-order valence-corrected chi connectivity index (χ2v) is 7.50. The van der Waals surface area contributed by atoms with E-state index in [0.29, 0.717) is 36.5 Å². The van der Waals surface area contributed by atoms with Gasteiger partial charge in [0.1, 0.15) is 0 Å². The number of piperidine rings is 1. The maximum atomic E-state index is 12.8. The first-order valence-corrected chi connectivity index (χ1v) is 10.9. The van der Waals surface area contributed by atoms with E-state index in [4.69, 9.17) is 9.47 Å². The van der Waals surface area contributed by atoms with Gasteiger partial charge in [-0.1, -0.05) is 18.6 Å². The quantitative estimate of drug-likeness (QED) is 0.181. The van der Waals surface area contributed by atoms with Crippen molar-refractivity contribution in [2.45, 2.75) is 65.1 Å². The maximum absolute atomic E-state index is 12.8. The number of nitrogens with zero attached hydrogens (tertiary/aromatic N) is 2. The van der Waals surface area contributed by atoms with Crippen LogP contribution in [0.25, 0.3) is 0 Å². The molecule has 0 amide bonds. The highest BCUT2D eigenvalue weighted by Crippen LogP contribution is 2.32. The van der Waals surface area contributed by atoms with Crippen LogP contribution in [0.1, 0.15) is 51.5 Å². The molecule has 31 heavy (non-hydrogen) atoms. The fraction of sp³-hybridized carbons (Fsp3) is 0.682. The summed E-state index contributed by atoms with van der Waals surface area (Å²) >= 11 is 0. The summed E-state index contributed by atoms with van der Waals surface area (Å²) in [7, 11) is 1.69. The molecule has 2 N–H and O–H groups in total. The molecule has 0 saturated carbocycles. The molecular formula is C22H37F2IN4O2. The number of para-hydroxylation sites is 1. The minimum atomic E-state index is -2.91. The smallest absolute Gasteiger partial charge is 0.387 e. The van der Waals surface area contributed by atoms with Gasteiger partial charge in [-0.25, -0.2) is 0 Å². The molecular weight excluding hydrogens is 517 g/mol. The molecule has 178 valence electrons. The maximum Gasteiger partial charge on any atom is 0.387 e. The average Bonchev–Trinajstić information content (AvgIpc) is 2.73. The number of nitrogens with one attached hydrogen (secondary N) is 2. The number of hydrogen-bond acceptors (Lipinski definition) is 4. The SMILES string of the molecule is CCOc1cccc(CNC(=NC)NCCCCN2CCCCC2C)c1OC(F)F.I. The first-order chi connectivity index (χ1) is 14.5. The molecule has 1 aliphatic heterocycles. The molecule has 1 aromatic rings. The van der Waals surface area contributed by atoms with Crippen LogP contribution >= 0.6 is 24.0 Å². The zero-order valence-corrected chi connectivity index (χ0v) is 21.2. The Hall–Kier alpha value is -1.36. The summed E-state index contributed by atoms with van der Waals surface area (Å²) in [5, 5.41) is 6.45. The fourth-order valence-corrected chi connectivity index (χ4v) is 3.73. The van der Waals surface area contributed by atoms with Gasteiger partial charge in [0.15, 0.2) is 17.5 Å². The summed E-state index contributed by atoms with van der Waals surface area (Å²) in [4.78, 5) is 6.79. The molecule has 1 fully saturated rings. The molecule has 0 bridgehead atoms. The van der Waals surface area contributed by atoms with Gasteiger partial charge in [-0.2, -0.15) is 8.78 Å². The standard InChI is InChI=1S/C22H36F2N4O2.HI/c1-4-29-19-12-9-11-18(20(19)30-21(23)24)16-27-22(25-3)26-13-6-8-15-28-14-7-5-10-17(28)2;/h9,11-12,17,21H,4-8,10,13-16H2,1-3H3,(H2,25,26,27);1H. The molecule has 1 saturated heterocycles. The van der Waals surface area contributed by atoms with Gasteiger partial charge in [-0.05, 0) is 58.7 Å². The minimum absolute atomic E-state index is 0. The lowest BCUT2D eigenvalue weighted by atomic mass is 10.0. The predicted octanol–water partition coefficient (Wildman–Crippen LogP) is 4.62. The molecule has 6 nitrogen and oxygen atoms in total. The number of unbranched alkanes of at least 4 members (excludes halogenated alkanes) is 1. The van der Waals surface area contributed by atoms with Gasteiger partial charge in [-0.3, -0.25) is 4.99 Å². The molecule has 1 atom stereocenters. The summed E-state index contributed by atoms with van der Waals surface area (Å²) in [6, 6.07) is 5.82. The van der Waals surface area contributed by atoms with E-state index < -0.39 is 6.61 Å². The first kappa shape index (κ1) is 27.7. The normalized spacial score (nSPS) is 17.2. The third-order valence-electron chi connectivity index (χ3n) is 5.34. The molecule has 1 heterocycles.